The molecule has 29 heavy (non-hydrogen) atoms. The number of para-hydroxylation sites is 1. The number of methoxy groups -OCH3 is 1. The molecule has 4 rings (SSSR count). The zero-order valence-corrected chi connectivity index (χ0v) is 17.8. The molecule has 2 heterocycles. The topological polar surface area (TPSA) is 54.5 Å². The van der Waals surface area contributed by atoms with Crippen LogP contribution in [0.2, 0.25) is 0 Å². The third kappa shape index (κ3) is 4.70. The first-order valence-electron chi connectivity index (χ1n) is 10.2. The molecule has 0 saturated carbocycles. The third-order valence-electron chi connectivity index (χ3n) is 5.56. The van der Waals surface area contributed by atoms with Crippen LogP contribution in [0.25, 0.3) is 10.2 Å². The second-order valence-electron chi connectivity index (χ2n) is 7.69. The number of hydrogen-bond donors (Lipinski definition) is 1. The van der Waals surface area contributed by atoms with Crippen molar-refractivity contribution < 1.29 is 9.53 Å². The predicted molar refractivity (Wildman–Crippen MR) is 120 cm³/mol. The monoisotopic (exact) mass is 409 g/mol. The van der Waals surface area contributed by atoms with Crippen LogP contribution in [-0.4, -0.2) is 31.1 Å². The molecule has 5 nitrogen and oxygen atoms in total. The van der Waals surface area contributed by atoms with E-state index in [9.17, 15) is 4.79 Å². The second kappa shape index (κ2) is 8.82. The number of carbonyl (C=O) groups is 1. The number of hydrogen-bond acceptors (Lipinski definition) is 5. The number of ether oxygens (including phenoxy) is 1. The molecule has 1 fully saturated rings. The fraction of sp³-hybridized carbons (Fsp3) is 0.391. The van der Waals surface area contributed by atoms with Gasteiger partial charge >= 0.3 is 0 Å². The fourth-order valence-electron chi connectivity index (χ4n) is 3.92. The summed E-state index contributed by atoms with van der Waals surface area (Å²) in [6.07, 6.45) is 3.78. The van der Waals surface area contributed by atoms with E-state index < -0.39 is 0 Å². The molecule has 0 radical (unpaired) electrons. The minimum Gasteiger partial charge on any atom is -0.497 e. The van der Waals surface area contributed by atoms with Crippen LogP contribution in [0.3, 0.4) is 0 Å². The highest BCUT2D eigenvalue weighted by Gasteiger charge is 2.23. The quantitative estimate of drug-likeness (QED) is 0.604. The highest BCUT2D eigenvalue weighted by molar-refractivity contribution is 7.22. The minimum atomic E-state index is 0.0791. The summed E-state index contributed by atoms with van der Waals surface area (Å²) in [4.78, 5) is 19.7. The molecule has 1 aliphatic heterocycles. The second-order valence-corrected chi connectivity index (χ2v) is 8.70. The van der Waals surface area contributed by atoms with Crippen molar-refractivity contribution in [1.82, 2.24) is 4.98 Å². The molecule has 2 aromatic carbocycles. The van der Waals surface area contributed by atoms with Crippen LogP contribution in [0.5, 0.6) is 5.75 Å². The number of amides is 1. The summed E-state index contributed by atoms with van der Waals surface area (Å²) in [5, 5.41) is 4.15. The first-order chi connectivity index (χ1) is 14.1. The molecular formula is C23H27N3O2S. The molecule has 1 aromatic heterocycles. The Balaban J connectivity index is 1.32. The predicted octanol–water partition coefficient (Wildman–Crippen LogP) is 5.25. The Hall–Kier alpha value is -2.60. The van der Waals surface area contributed by atoms with E-state index in [0.717, 1.165) is 53.6 Å². The fourth-order valence-corrected chi connectivity index (χ4v) is 4.92. The van der Waals surface area contributed by atoms with Crippen molar-refractivity contribution in [3.8, 4) is 5.75 Å². The zero-order valence-electron chi connectivity index (χ0n) is 17.0. The number of piperidine rings is 1. The maximum absolute atomic E-state index is 12.5. The lowest BCUT2D eigenvalue weighted by molar-refractivity contribution is -0.116. The van der Waals surface area contributed by atoms with E-state index in [0.29, 0.717) is 12.3 Å². The average molecular weight is 410 g/mol. The van der Waals surface area contributed by atoms with Crippen LogP contribution in [0, 0.1) is 12.8 Å². The van der Waals surface area contributed by atoms with E-state index in [-0.39, 0.29) is 5.91 Å². The molecule has 1 aliphatic rings. The first-order valence-corrected chi connectivity index (χ1v) is 11.0. The Morgan fingerprint density at radius 1 is 1.31 bits per heavy atom. The maximum atomic E-state index is 12.5. The zero-order chi connectivity index (χ0) is 20.2. The summed E-state index contributed by atoms with van der Waals surface area (Å²) >= 11 is 1.76. The maximum Gasteiger partial charge on any atom is 0.224 e. The van der Waals surface area contributed by atoms with Crippen LogP contribution in [0.4, 0.5) is 10.8 Å². The summed E-state index contributed by atoms with van der Waals surface area (Å²) < 4.78 is 6.46. The van der Waals surface area contributed by atoms with Crippen molar-refractivity contribution in [3.05, 3.63) is 48.0 Å². The van der Waals surface area contributed by atoms with Gasteiger partial charge in [0.15, 0.2) is 5.13 Å². The van der Waals surface area contributed by atoms with Crippen LogP contribution in [0.15, 0.2) is 42.5 Å². The van der Waals surface area contributed by atoms with Crippen molar-refractivity contribution in [1.29, 1.82) is 0 Å². The van der Waals surface area contributed by atoms with E-state index >= 15 is 0 Å². The van der Waals surface area contributed by atoms with Gasteiger partial charge in [0.05, 0.1) is 17.3 Å². The van der Waals surface area contributed by atoms with Gasteiger partial charge in [0.1, 0.15) is 5.75 Å². The Morgan fingerprint density at radius 3 is 2.97 bits per heavy atom. The number of aromatic nitrogens is 1. The smallest absolute Gasteiger partial charge is 0.224 e. The Morgan fingerprint density at radius 2 is 2.17 bits per heavy atom. The summed E-state index contributed by atoms with van der Waals surface area (Å²) in [6.45, 7) is 4.01. The molecular weight excluding hydrogens is 382 g/mol. The first kappa shape index (κ1) is 19.7. The normalized spacial score (nSPS) is 16.8. The van der Waals surface area contributed by atoms with Crippen LogP contribution in [-0.2, 0) is 4.79 Å². The van der Waals surface area contributed by atoms with E-state index in [2.05, 4.69) is 28.4 Å². The SMILES string of the molecule is COc1ccc(NC(=O)CC[C@@H]2CCCN(c3nc4ccccc4s3)C2)c(C)c1. The molecule has 0 aliphatic carbocycles. The van der Waals surface area contributed by atoms with Gasteiger partial charge in [-0.25, -0.2) is 4.98 Å². The van der Waals surface area contributed by atoms with Crippen molar-refractivity contribution in [3.63, 3.8) is 0 Å². The Bertz CT molecular complexity index is 968. The molecule has 3 aromatic rings. The number of fused-ring (bicyclic) bond motifs is 1. The van der Waals surface area contributed by atoms with Gasteiger partial charge in [-0.3, -0.25) is 4.79 Å². The largest absolute Gasteiger partial charge is 0.497 e. The summed E-state index contributed by atoms with van der Waals surface area (Å²) in [5.74, 6) is 1.41. The average Bonchev–Trinajstić information content (AvgIpc) is 3.18. The number of aryl methyl sites for hydroxylation is 1. The number of anilines is 2. The van der Waals surface area contributed by atoms with E-state index in [1.807, 2.05) is 31.2 Å². The van der Waals surface area contributed by atoms with Crippen LogP contribution in [0.1, 0.15) is 31.2 Å². The lowest BCUT2D eigenvalue weighted by Gasteiger charge is -2.32. The highest BCUT2D eigenvalue weighted by atomic mass is 32.1. The van der Waals surface area contributed by atoms with Crippen molar-refractivity contribution in [2.24, 2.45) is 5.92 Å². The Kier molecular flexibility index (Phi) is 6.00. The summed E-state index contributed by atoms with van der Waals surface area (Å²) in [6, 6.07) is 14.0. The standard InChI is InChI=1S/C23H27N3O2S/c1-16-14-18(28-2)10-11-19(16)24-22(27)12-9-17-6-5-13-26(15-17)23-25-20-7-3-4-8-21(20)29-23/h3-4,7-8,10-11,14,17H,5-6,9,12-13,15H2,1-2H3,(H,24,27)/t17-/m0/s1. The molecule has 0 spiro atoms. The number of nitrogens with one attached hydrogen (secondary N) is 1. The molecule has 1 saturated heterocycles. The molecule has 1 N–H and O–H groups in total. The van der Waals surface area contributed by atoms with E-state index in [1.54, 1.807) is 18.4 Å². The number of rotatable bonds is 6. The van der Waals surface area contributed by atoms with Crippen molar-refractivity contribution in [2.75, 3.05) is 30.4 Å². The van der Waals surface area contributed by atoms with E-state index in [1.165, 1.54) is 11.1 Å². The highest BCUT2D eigenvalue weighted by Crippen LogP contribution is 2.32. The number of benzene rings is 2. The molecule has 1 amide bonds. The van der Waals surface area contributed by atoms with Gasteiger partial charge in [0.2, 0.25) is 5.91 Å². The lowest BCUT2D eigenvalue weighted by Crippen LogP contribution is -2.35. The molecule has 6 heteroatoms. The molecule has 1 atom stereocenters. The van der Waals surface area contributed by atoms with Crippen molar-refractivity contribution in [2.45, 2.75) is 32.6 Å². The third-order valence-corrected chi connectivity index (χ3v) is 6.66. The molecule has 0 unspecified atom stereocenters. The van der Waals surface area contributed by atoms with E-state index in [4.69, 9.17) is 9.72 Å². The molecule has 0 bridgehead atoms. The van der Waals surface area contributed by atoms with Gasteiger partial charge in [0, 0.05) is 25.2 Å². The van der Waals surface area contributed by atoms with Gasteiger partial charge in [-0.15, -0.1) is 0 Å². The Labute approximate surface area is 175 Å². The van der Waals surface area contributed by atoms with Crippen molar-refractivity contribution >= 4 is 38.3 Å². The van der Waals surface area contributed by atoms with Crippen LogP contribution >= 0.6 is 11.3 Å². The number of nitrogens with zero attached hydrogens (tertiary/aromatic N) is 2. The molecule has 152 valence electrons. The minimum absolute atomic E-state index is 0.0791. The number of carbonyl (C=O) groups excluding carboxylic acids is 1. The number of thiazole rings is 1. The van der Waals surface area contributed by atoms with Gasteiger partial charge in [-0.05, 0) is 68.0 Å². The van der Waals surface area contributed by atoms with Gasteiger partial charge in [-0.2, -0.15) is 0 Å². The summed E-state index contributed by atoms with van der Waals surface area (Å²) in [5.41, 5.74) is 2.94. The van der Waals surface area contributed by atoms with Crippen LogP contribution < -0.4 is 15.0 Å². The van der Waals surface area contributed by atoms with Gasteiger partial charge in [-0.1, -0.05) is 23.5 Å². The van der Waals surface area contributed by atoms with Gasteiger partial charge < -0.3 is 15.0 Å². The lowest BCUT2D eigenvalue weighted by atomic mass is 9.93. The summed E-state index contributed by atoms with van der Waals surface area (Å²) in [7, 11) is 1.65. The van der Waals surface area contributed by atoms with Gasteiger partial charge in [0.25, 0.3) is 0 Å².